The van der Waals surface area contributed by atoms with E-state index in [2.05, 4.69) is 6.07 Å². The Bertz CT molecular complexity index is 1240. The maximum Gasteiger partial charge on any atom is 0.282 e. The van der Waals surface area contributed by atoms with E-state index in [1.807, 2.05) is 23.1 Å². The van der Waals surface area contributed by atoms with Crippen LogP contribution in [0.3, 0.4) is 0 Å². The fourth-order valence-corrected chi connectivity index (χ4v) is 4.35. The van der Waals surface area contributed by atoms with Crippen molar-refractivity contribution in [2.75, 3.05) is 11.4 Å². The number of hydrogen-bond donors (Lipinski definition) is 0. The lowest BCUT2D eigenvalue weighted by atomic mass is 9.98. The molecule has 0 aromatic heterocycles. The molecule has 0 radical (unpaired) electrons. The minimum absolute atomic E-state index is 0.0450. The lowest BCUT2D eigenvalue weighted by Crippen LogP contribution is -2.37. The van der Waals surface area contributed by atoms with Gasteiger partial charge in [-0.3, -0.25) is 9.59 Å². The molecule has 0 N–H and O–H groups in total. The Morgan fingerprint density at radius 3 is 2.23 bits per heavy atom. The first kappa shape index (κ1) is 19.5. The number of fused-ring (bicyclic) bond motifs is 1. The fourth-order valence-electron chi connectivity index (χ4n) is 4.23. The summed E-state index contributed by atoms with van der Waals surface area (Å²) in [5.41, 5.74) is 3.44. The first-order valence-corrected chi connectivity index (χ1v) is 10.4. The number of hydrogen-bond acceptors (Lipinski definition) is 3. The Morgan fingerprint density at radius 1 is 0.806 bits per heavy atom. The van der Waals surface area contributed by atoms with Gasteiger partial charge in [-0.2, -0.15) is 0 Å². The lowest BCUT2D eigenvalue weighted by Gasteiger charge is -2.31. The Hall–Kier alpha value is -3.44. The van der Waals surface area contributed by atoms with E-state index < -0.39 is 17.6 Å². The van der Waals surface area contributed by atoms with Crippen molar-refractivity contribution in [3.8, 4) is 0 Å². The molecule has 154 valence electrons. The Morgan fingerprint density at radius 2 is 1.48 bits per heavy atom. The van der Waals surface area contributed by atoms with Gasteiger partial charge < -0.3 is 4.90 Å². The van der Waals surface area contributed by atoms with Gasteiger partial charge in [-0.05, 0) is 47.4 Å². The number of rotatable bonds is 3. The molecule has 2 aliphatic heterocycles. The van der Waals surface area contributed by atoms with E-state index in [0.717, 1.165) is 16.9 Å². The molecule has 6 heteroatoms. The number of amides is 2. The van der Waals surface area contributed by atoms with E-state index in [1.165, 1.54) is 23.8 Å². The Balaban J connectivity index is 1.64. The van der Waals surface area contributed by atoms with E-state index in [-0.39, 0.29) is 11.3 Å². The average molecular weight is 433 g/mol. The van der Waals surface area contributed by atoms with Crippen LogP contribution in [0.15, 0.2) is 78.5 Å². The van der Waals surface area contributed by atoms with E-state index >= 15 is 0 Å². The molecule has 5 rings (SSSR count). The largest absolute Gasteiger partial charge is 0.362 e. The van der Waals surface area contributed by atoms with E-state index in [0.29, 0.717) is 29.4 Å². The Labute approximate surface area is 184 Å². The summed E-state index contributed by atoms with van der Waals surface area (Å²) in [5.74, 6) is -1.67. The SMILES string of the molecule is O=C1C(c2ccc(Cl)cc2)=C(N2CCc3ccccc3C2)C(=O)N1c1ccccc1F. The number of anilines is 1. The molecule has 0 saturated heterocycles. The van der Waals surface area contributed by atoms with Crippen LogP contribution in [-0.4, -0.2) is 23.3 Å². The molecule has 0 atom stereocenters. The third-order valence-electron chi connectivity index (χ3n) is 5.73. The van der Waals surface area contributed by atoms with Gasteiger partial charge >= 0.3 is 0 Å². The van der Waals surface area contributed by atoms with Crippen LogP contribution in [0, 0.1) is 5.82 Å². The number of nitrogens with zero attached hydrogens (tertiary/aromatic N) is 2. The predicted octanol–water partition coefficient (Wildman–Crippen LogP) is 4.82. The van der Waals surface area contributed by atoms with Gasteiger partial charge in [0.05, 0.1) is 11.3 Å². The quantitative estimate of drug-likeness (QED) is 0.557. The van der Waals surface area contributed by atoms with E-state index in [9.17, 15) is 14.0 Å². The van der Waals surface area contributed by atoms with Gasteiger partial charge in [0.2, 0.25) is 0 Å². The molecule has 0 saturated carbocycles. The number of halogens is 2. The second-order valence-electron chi connectivity index (χ2n) is 7.57. The second kappa shape index (κ2) is 7.67. The van der Waals surface area contributed by atoms with Gasteiger partial charge in [-0.25, -0.2) is 9.29 Å². The van der Waals surface area contributed by atoms with Gasteiger partial charge in [0.25, 0.3) is 11.8 Å². The van der Waals surface area contributed by atoms with Crippen LogP contribution in [-0.2, 0) is 22.6 Å². The molecule has 0 aliphatic carbocycles. The van der Waals surface area contributed by atoms with E-state index in [1.54, 1.807) is 30.3 Å². The highest BCUT2D eigenvalue weighted by atomic mass is 35.5. The van der Waals surface area contributed by atoms with Crippen LogP contribution < -0.4 is 4.90 Å². The molecular weight excluding hydrogens is 415 g/mol. The maximum absolute atomic E-state index is 14.5. The number of para-hydroxylation sites is 1. The van der Waals surface area contributed by atoms with Gasteiger partial charge in [-0.1, -0.05) is 60.1 Å². The summed E-state index contributed by atoms with van der Waals surface area (Å²) in [5, 5.41) is 0.528. The summed E-state index contributed by atoms with van der Waals surface area (Å²) < 4.78 is 14.5. The van der Waals surface area contributed by atoms with Gasteiger partial charge in [-0.15, -0.1) is 0 Å². The minimum Gasteiger partial charge on any atom is -0.362 e. The second-order valence-corrected chi connectivity index (χ2v) is 8.00. The van der Waals surface area contributed by atoms with Gasteiger partial charge in [0.15, 0.2) is 0 Å². The highest BCUT2D eigenvalue weighted by Gasteiger charge is 2.43. The molecule has 0 fully saturated rings. The van der Waals surface area contributed by atoms with Crippen LogP contribution in [0.4, 0.5) is 10.1 Å². The van der Waals surface area contributed by atoms with Crippen LogP contribution >= 0.6 is 11.6 Å². The lowest BCUT2D eigenvalue weighted by molar-refractivity contribution is -0.120. The topological polar surface area (TPSA) is 40.6 Å². The number of carbonyl (C=O) groups excluding carboxylic acids is 2. The number of imide groups is 1. The first-order chi connectivity index (χ1) is 15.0. The molecule has 0 spiro atoms. The maximum atomic E-state index is 14.5. The molecule has 0 unspecified atom stereocenters. The molecular formula is C25H18ClFN2O2. The summed E-state index contributed by atoms with van der Waals surface area (Å²) in [6.07, 6.45) is 0.759. The third kappa shape index (κ3) is 3.31. The highest BCUT2D eigenvalue weighted by Crippen LogP contribution is 2.37. The summed E-state index contributed by atoms with van der Waals surface area (Å²) in [6, 6.07) is 20.7. The van der Waals surface area contributed by atoms with Gasteiger partial charge in [0, 0.05) is 18.1 Å². The predicted molar refractivity (Wildman–Crippen MR) is 118 cm³/mol. The van der Waals surface area contributed by atoms with Crippen molar-refractivity contribution in [3.05, 3.63) is 106 Å². The monoisotopic (exact) mass is 432 g/mol. The molecule has 2 heterocycles. The van der Waals surface area contributed by atoms with Crippen molar-refractivity contribution in [2.24, 2.45) is 0 Å². The number of benzene rings is 3. The molecule has 3 aromatic carbocycles. The highest BCUT2D eigenvalue weighted by molar-refractivity contribution is 6.45. The summed E-state index contributed by atoms with van der Waals surface area (Å²) >= 11 is 6.03. The summed E-state index contributed by atoms with van der Waals surface area (Å²) in [4.78, 5) is 29.9. The van der Waals surface area contributed by atoms with Crippen molar-refractivity contribution >= 4 is 34.7 Å². The fraction of sp³-hybridized carbons (Fsp3) is 0.120. The zero-order valence-corrected chi connectivity index (χ0v) is 17.3. The molecule has 0 bridgehead atoms. The smallest absolute Gasteiger partial charge is 0.282 e. The molecule has 31 heavy (non-hydrogen) atoms. The van der Waals surface area contributed by atoms with Crippen molar-refractivity contribution in [2.45, 2.75) is 13.0 Å². The molecule has 2 aliphatic rings. The van der Waals surface area contributed by atoms with Crippen molar-refractivity contribution in [3.63, 3.8) is 0 Å². The molecule has 3 aromatic rings. The van der Waals surface area contributed by atoms with Crippen molar-refractivity contribution < 1.29 is 14.0 Å². The molecule has 2 amide bonds. The van der Waals surface area contributed by atoms with Crippen molar-refractivity contribution in [1.82, 2.24) is 4.90 Å². The van der Waals surface area contributed by atoms with Crippen LogP contribution in [0.5, 0.6) is 0 Å². The number of carbonyl (C=O) groups is 2. The standard InChI is InChI=1S/C25H18ClFN2O2/c26-19-11-9-17(10-12-19)22-23(28-14-13-16-5-1-2-6-18(16)15-28)25(31)29(24(22)30)21-8-4-3-7-20(21)27/h1-12H,13-15H2. The third-order valence-corrected chi connectivity index (χ3v) is 5.98. The zero-order chi connectivity index (χ0) is 21.5. The Kier molecular flexibility index (Phi) is 4.83. The average Bonchev–Trinajstić information content (AvgIpc) is 3.04. The zero-order valence-electron chi connectivity index (χ0n) is 16.5. The van der Waals surface area contributed by atoms with Crippen molar-refractivity contribution in [1.29, 1.82) is 0 Å². The van der Waals surface area contributed by atoms with Crippen LogP contribution in [0.2, 0.25) is 5.02 Å². The normalized spacial score (nSPS) is 16.2. The van der Waals surface area contributed by atoms with Crippen LogP contribution in [0.25, 0.3) is 5.57 Å². The van der Waals surface area contributed by atoms with Gasteiger partial charge in [0.1, 0.15) is 11.5 Å². The summed E-state index contributed by atoms with van der Waals surface area (Å²) in [7, 11) is 0. The molecule has 4 nitrogen and oxygen atoms in total. The van der Waals surface area contributed by atoms with Crippen LogP contribution in [0.1, 0.15) is 16.7 Å². The summed E-state index contributed by atoms with van der Waals surface area (Å²) in [6.45, 7) is 1.10. The van der Waals surface area contributed by atoms with E-state index in [4.69, 9.17) is 11.6 Å². The minimum atomic E-state index is -0.620. The first-order valence-electron chi connectivity index (χ1n) is 10.00.